The SMILES string of the molecule is Cc1cc(NCCCN(C)C)n2nc(C(F)(F)F)c(-c3ccc(Cl)cc3)c2n1. The zero-order valence-electron chi connectivity index (χ0n) is 15.8. The van der Waals surface area contributed by atoms with Crippen LogP contribution in [-0.4, -0.2) is 46.7 Å². The summed E-state index contributed by atoms with van der Waals surface area (Å²) in [6.45, 7) is 3.22. The number of nitrogens with zero attached hydrogens (tertiary/aromatic N) is 4. The summed E-state index contributed by atoms with van der Waals surface area (Å²) < 4.78 is 42.4. The molecule has 0 aliphatic carbocycles. The summed E-state index contributed by atoms with van der Waals surface area (Å²) in [6, 6.07) is 7.89. The van der Waals surface area contributed by atoms with E-state index in [2.05, 4.69) is 15.4 Å². The fourth-order valence-electron chi connectivity index (χ4n) is 2.96. The van der Waals surface area contributed by atoms with E-state index in [0.29, 0.717) is 28.6 Å². The Hall–Kier alpha value is -2.32. The number of rotatable bonds is 6. The molecule has 3 rings (SSSR count). The number of aryl methyl sites for hydroxylation is 1. The molecule has 2 heterocycles. The first-order chi connectivity index (χ1) is 13.2. The van der Waals surface area contributed by atoms with Crippen molar-refractivity contribution in [2.24, 2.45) is 0 Å². The summed E-state index contributed by atoms with van der Waals surface area (Å²) in [5.41, 5.74) is 0.105. The molecule has 0 saturated carbocycles. The number of hydrogen-bond acceptors (Lipinski definition) is 4. The lowest BCUT2D eigenvalue weighted by atomic mass is 10.1. The van der Waals surface area contributed by atoms with Gasteiger partial charge in [-0.25, -0.2) is 4.98 Å². The number of alkyl halides is 3. The molecule has 0 radical (unpaired) electrons. The highest BCUT2D eigenvalue weighted by molar-refractivity contribution is 6.30. The van der Waals surface area contributed by atoms with Crippen LogP contribution < -0.4 is 5.32 Å². The summed E-state index contributed by atoms with van der Waals surface area (Å²) in [5, 5.41) is 7.49. The zero-order valence-corrected chi connectivity index (χ0v) is 16.6. The highest BCUT2D eigenvalue weighted by Gasteiger charge is 2.39. The molecule has 0 aliphatic rings. The monoisotopic (exact) mass is 411 g/mol. The number of hydrogen-bond donors (Lipinski definition) is 1. The second-order valence-electron chi connectivity index (χ2n) is 6.83. The molecule has 1 N–H and O–H groups in total. The molecule has 5 nitrogen and oxygen atoms in total. The quantitative estimate of drug-likeness (QED) is 0.595. The van der Waals surface area contributed by atoms with Crippen molar-refractivity contribution in [2.45, 2.75) is 19.5 Å². The van der Waals surface area contributed by atoms with E-state index < -0.39 is 11.9 Å². The lowest BCUT2D eigenvalue weighted by molar-refractivity contribution is -0.140. The van der Waals surface area contributed by atoms with E-state index in [0.717, 1.165) is 13.0 Å². The van der Waals surface area contributed by atoms with Gasteiger partial charge in [-0.2, -0.15) is 22.8 Å². The largest absolute Gasteiger partial charge is 0.435 e. The molecule has 0 aliphatic heterocycles. The van der Waals surface area contributed by atoms with Crippen LogP contribution in [0.2, 0.25) is 5.02 Å². The van der Waals surface area contributed by atoms with E-state index >= 15 is 0 Å². The molecule has 150 valence electrons. The molecule has 28 heavy (non-hydrogen) atoms. The van der Waals surface area contributed by atoms with Crippen LogP contribution in [0.15, 0.2) is 30.3 Å². The summed E-state index contributed by atoms with van der Waals surface area (Å²) >= 11 is 5.89. The molecule has 0 spiro atoms. The van der Waals surface area contributed by atoms with Crippen molar-refractivity contribution in [3.05, 3.63) is 46.7 Å². The van der Waals surface area contributed by atoms with Crippen molar-refractivity contribution in [1.82, 2.24) is 19.5 Å². The van der Waals surface area contributed by atoms with Crippen molar-refractivity contribution in [1.29, 1.82) is 0 Å². The predicted molar refractivity (Wildman–Crippen MR) is 105 cm³/mol. The molecule has 0 fully saturated rings. The van der Waals surface area contributed by atoms with Gasteiger partial charge < -0.3 is 10.2 Å². The third-order valence-electron chi connectivity index (χ3n) is 4.21. The van der Waals surface area contributed by atoms with E-state index in [9.17, 15) is 13.2 Å². The second-order valence-corrected chi connectivity index (χ2v) is 7.27. The molecule has 0 bridgehead atoms. The van der Waals surface area contributed by atoms with E-state index in [1.165, 1.54) is 4.52 Å². The molecule has 0 atom stereocenters. The molecular formula is C19H21ClF3N5. The van der Waals surface area contributed by atoms with Crippen molar-refractivity contribution >= 4 is 23.1 Å². The van der Waals surface area contributed by atoms with Gasteiger partial charge in [-0.15, -0.1) is 0 Å². The summed E-state index contributed by atoms with van der Waals surface area (Å²) in [5.74, 6) is 0.479. The fraction of sp³-hybridized carbons (Fsp3) is 0.368. The Morgan fingerprint density at radius 3 is 2.46 bits per heavy atom. The Bertz CT molecular complexity index is 964. The molecule has 1 aromatic carbocycles. The Morgan fingerprint density at radius 1 is 1.18 bits per heavy atom. The maximum atomic E-state index is 13.7. The first-order valence-corrected chi connectivity index (χ1v) is 9.16. The van der Waals surface area contributed by atoms with E-state index in [4.69, 9.17) is 11.6 Å². The highest BCUT2D eigenvalue weighted by Crippen LogP contribution is 2.39. The summed E-state index contributed by atoms with van der Waals surface area (Å²) in [4.78, 5) is 6.39. The Kier molecular flexibility index (Phi) is 5.81. The standard InChI is InChI=1S/C19H21ClF3N5/c1-12-11-15(24-9-4-10-27(2)3)28-18(25-12)16(17(26-28)19(21,22)23)13-5-7-14(20)8-6-13/h5-8,11,24H,4,9-10H2,1-3H3. The number of nitrogens with one attached hydrogen (secondary N) is 1. The Balaban J connectivity index is 2.12. The smallest absolute Gasteiger partial charge is 0.370 e. The molecule has 0 saturated heterocycles. The molecule has 9 heteroatoms. The molecule has 2 aromatic heterocycles. The lowest BCUT2D eigenvalue weighted by Crippen LogP contribution is -2.17. The third-order valence-corrected chi connectivity index (χ3v) is 4.46. The van der Waals surface area contributed by atoms with Crippen LogP contribution in [0.25, 0.3) is 16.8 Å². The van der Waals surface area contributed by atoms with Gasteiger partial charge >= 0.3 is 6.18 Å². The van der Waals surface area contributed by atoms with Crippen LogP contribution in [0.5, 0.6) is 0 Å². The van der Waals surface area contributed by atoms with Crippen LogP contribution in [0.3, 0.4) is 0 Å². The maximum Gasteiger partial charge on any atom is 0.435 e. The highest BCUT2D eigenvalue weighted by atomic mass is 35.5. The number of aromatic nitrogens is 3. The minimum Gasteiger partial charge on any atom is -0.370 e. The summed E-state index contributed by atoms with van der Waals surface area (Å²) in [7, 11) is 3.94. The van der Waals surface area contributed by atoms with Crippen LogP contribution in [-0.2, 0) is 6.18 Å². The van der Waals surface area contributed by atoms with Crippen LogP contribution >= 0.6 is 11.6 Å². The lowest BCUT2D eigenvalue weighted by Gasteiger charge is -2.12. The van der Waals surface area contributed by atoms with Gasteiger partial charge in [0.2, 0.25) is 0 Å². The van der Waals surface area contributed by atoms with Gasteiger partial charge in [0, 0.05) is 23.3 Å². The third kappa shape index (κ3) is 4.39. The predicted octanol–water partition coefficient (Wildman–Crippen LogP) is 4.74. The molecule has 3 aromatic rings. The van der Waals surface area contributed by atoms with Crippen molar-refractivity contribution in [3.63, 3.8) is 0 Å². The number of halogens is 4. The van der Waals surface area contributed by atoms with Crippen molar-refractivity contribution in [3.8, 4) is 11.1 Å². The second kappa shape index (κ2) is 7.97. The van der Waals surface area contributed by atoms with Crippen LogP contribution in [0.1, 0.15) is 17.8 Å². The first kappa shape index (κ1) is 20.4. The van der Waals surface area contributed by atoms with Gasteiger partial charge in [-0.05, 0) is 51.7 Å². The maximum absolute atomic E-state index is 13.7. The molecule has 0 unspecified atom stereocenters. The number of fused-ring (bicyclic) bond motifs is 1. The fourth-order valence-corrected chi connectivity index (χ4v) is 3.08. The molecular weight excluding hydrogens is 391 g/mol. The van der Waals surface area contributed by atoms with Gasteiger partial charge in [-0.1, -0.05) is 23.7 Å². The van der Waals surface area contributed by atoms with E-state index in [1.807, 2.05) is 19.0 Å². The Labute approximate surface area is 166 Å². The minimum atomic E-state index is -4.61. The van der Waals surface area contributed by atoms with Gasteiger partial charge in [0.15, 0.2) is 11.3 Å². The average molecular weight is 412 g/mol. The van der Waals surface area contributed by atoms with Gasteiger partial charge in [0.05, 0.1) is 5.56 Å². The van der Waals surface area contributed by atoms with E-state index in [1.54, 1.807) is 37.3 Å². The number of anilines is 1. The minimum absolute atomic E-state index is 0.0517. The Morgan fingerprint density at radius 2 is 1.86 bits per heavy atom. The van der Waals surface area contributed by atoms with Gasteiger partial charge in [-0.3, -0.25) is 0 Å². The topological polar surface area (TPSA) is 45.5 Å². The number of benzene rings is 1. The van der Waals surface area contributed by atoms with Gasteiger partial charge in [0.1, 0.15) is 5.82 Å². The van der Waals surface area contributed by atoms with Crippen LogP contribution in [0.4, 0.5) is 19.0 Å². The van der Waals surface area contributed by atoms with Crippen molar-refractivity contribution in [2.75, 3.05) is 32.5 Å². The van der Waals surface area contributed by atoms with Gasteiger partial charge in [0.25, 0.3) is 0 Å². The van der Waals surface area contributed by atoms with Crippen molar-refractivity contribution < 1.29 is 13.2 Å². The van der Waals surface area contributed by atoms with E-state index in [-0.39, 0.29) is 11.2 Å². The summed E-state index contributed by atoms with van der Waals surface area (Å²) in [6.07, 6.45) is -3.77. The normalized spacial score (nSPS) is 12.1. The van der Waals surface area contributed by atoms with Crippen LogP contribution in [0, 0.1) is 6.92 Å². The average Bonchev–Trinajstić information content (AvgIpc) is 2.99. The first-order valence-electron chi connectivity index (χ1n) is 8.79. The molecule has 0 amide bonds. The zero-order chi connectivity index (χ0) is 20.5.